The van der Waals surface area contributed by atoms with Gasteiger partial charge in [0.05, 0.1) is 44.2 Å². The van der Waals surface area contributed by atoms with Gasteiger partial charge in [0.25, 0.3) is 5.91 Å². The van der Waals surface area contributed by atoms with Crippen molar-refractivity contribution >= 4 is 56.3 Å². The van der Waals surface area contributed by atoms with Gasteiger partial charge < -0.3 is 15.0 Å². The SMILES string of the molecule is Cc1sc2c(N(C)C)c(C(=O)NC3CCOc4ccccc43)cnc2c1-c1cccc(Cl)c1Cl. The highest BCUT2D eigenvalue weighted by Gasteiger charge is 2.27. The van der Waals surface area contributed by atoms with E-state index in [-0.39, 0.29) is 11.9 Å². The Labute approximate surface area is 212 Å². The van der Waals surface area contributed by atoms with Crippen LogP contribution < -0.4 is 15.0 Å². The number of hydrogen-bond acceptors (Lipinski definition) is 5. The molecule has 0 aliphatic carbocycles. The molecule has 3 heterocycles. The smallest absolute Gasteiger partial charge is 0.255 e. The van der Waals surface area contributed by atoms with Gasteiger partial charge in [0.2, 0.25) is 0 Å². The van der Waals surface area contributed by atoms with Gasteiger partial charge in [-0.25, -0.2) is 0 Å². The minimum Gasteiger partial charge on any atom is -0.493 e. The zero-order chi connectivity index (χ0) is 24.0. The number of nitrogens with one attached hydrogen (secondary N) is 1. The number of nitrogens with zero attached hydrogens (tertiary/aromatic N) is 2. The molecule has 1 N–H and O–H groups in total. The number of ether oxygens (including phenoxy) is 1. The lowest BCUT2D eigenvalue weighted by Crippen LogP contribution is -2.33. The van der Waals surface area contributed by atoms with Crippen LogP contribution in [0.1, 0.15) is 33.3 Å². The fourth-order valence-corrected chi connectivity index (χ4v) is 6.13. The van der Waals surface area contributed by atoms with Crippen LogP contribution in [-0.4, -0.2) is 31.6 Å². The number of carbonyl (C=O) groups is 1. The van der Waals surface area contributed by atoms with Gasteiger partial charge in [0, 0.05) is 48.3 Å². The molecule has 5 nitrogen and oxygen atoms in total. The lowest BCUT2D eigenvalue weighted by atomic mass is 10.00. The predicted octanol–water partition coefficient (Wildman–Crippen LogP) is 6.90. The number of anilines is 1. The minimum atomic E-state index is -0.159. The molecule has 0 radical (unpaired) electrons. The molecule has 5 rings (SSSR count). The Morgan fingerprint density at radius 3 is 2.76 bits per heavy atom. The first-order valence-corrected chi connectivity index (χ1v) is 12.5. The van der Waals surface area contributed by atoms with Gasteiger partial charge in [0.15, 0.2) is 0 Å². The molecule has 2 aromatic heterocycles. The number of hydrogen-bond donors (Lipinski definition) is 1. The summed E-state index contributed by atoms with van der Waals surface area (Å²) in [5.74, 6) is 0.658. The number of rotatable bonds is 4. The van der Waals surface area contributed by atoms with E-state index in [9.17, 15) is 4.79 Å². The van der Waals surface area contributed by atoms with E-state index in [0.29, 0.717) is 28.6 Å². The highest BCUT2D eigenvalue weighted by Crippen LogP contribution is 2.45. The number of aryl methyl sites for hydroxylation is 1. The molecule has 1 aliphatic heterocycles. The van der Waals surface area contributed by atoms with Crippen molar-refractivity contribution in [2.24, 2.45) is 0 Å². The minimum absolute atomic E-state index is 0.117. The van der Waals surface area contributed by atoms with E-state index in [1.165, 1.54) is 0 Å². The van der Waals surface area contributed by atoms with Crippen LogP contribution in [0.15, 0.2) is 48.7 Å². The number of amides is 1. The average Bonchev–Trinajstić information content (AvgIpc) is 3.15. The maximum absolute atomic E-state index is 13.5. The van der Waals surface area contributed by atoms with Crippen LogP contribution in [0.5, 0.6) is 5.75 Å². The first-order valence-electron chi connectivity index (χ1n) is 10.9. The number of thiophene rings is 1. The van der Waals surface area contributed by atoms with Crippen molar-refractivity contribution in [3.05, 3.63) is 74.7 Å². The molecule has 4 aromatic rings. The number of aromatic nitrogens is 1. The maximum atomic E-state index is 13.5. The van der Waals surface area contributed by atoms with Crippen molar-refractivity contribution in [1.82, 2.24) is 10.3 Å². The fraction of sp³-hybridized carbons (Fsp3) is 0.231. The van der Waals surface area contributed by atoms with Crippen molar-refractivity contribution in [3.8, 4) is 16.9 Å². The lowest BCUT2D eigenvalue weighted by Gasteiger charge is -2.27. The van der Waals surface area contributed by atoms with Crippen molar-refractivity contribution in [2.75, 3.05) is 25.6 Å². The van der Waals surface area contributed by atoms with Gasteiger partial charge >= 0.3 is 0 Å². The second-order valence-electron chi connectivity index (χ2n) is 8.43. The Balaban J connectivity index is 1.59. The van der Waals surface area contributed by atoms with Gasteiger partial charge in [-0.15, -0.1) is 11.3 Å². The Kier molecular flexibility index (Phi) is 6.15. The van der Waals surface area contributed by atoms with Crippen LogP contribution in [0.4, 0.5) is 5.69 Å². The van der Waals surface area contributed by atoms with Gasteiger partial charge in [-0.2, -0.15) is 0 Å². The molecule has 1 atom stereocenters. The van der Waals surface area contributed by atoms with Gasteiger partial charge in [-0.1, -0.05) is 53.5 Å². The highest BCUT2D eigenvalue weighted by molar-refractivity contribution is 7.20. The topological polar surface area (TPSA) is 54.5 Å². The summed E-state index contributed by atoms with van der Waals surface area (Å²) < 4.78 is 6.68. The number of halogens is 2. The standard InChI is InChI=1S/C26H23Cl2N3O2S/c1-14-21(16-8-6-9-18(27)22(16)28)23-25(34-14)24(31(2)3)17(13-29-23)26(32)30-19-11-12-33-20-10-5-4-7-15(19)20/h4-10,13,19H,11-12H2,1-3H3,(H,30,32). The Morgan fingerprint density at radius 2 is 1.97 bits per heavy atom. The van der Waals surface area contributed by atoms with Crippen LogP contribution in [-0.2, 0) is 0 Å². The molecule has 0 bridgehead atoms. The van der Waals surface area contributed by atoms with Crippen LogP contribution in [0.2, 0.25) is 10.0 Å². The van der Waals surface area contributed by atoms with Crippen LogP contribution in [0.25, 0.3) is 21.3 Å². The van der Waals surface area contributed by atoms with E-state index >= 15 is 0 Å². The van der Waals surface area contributed by atoms with E-state index in [2.05, 4.69) is 5.32 Å². The van der Waals surface area contributed by atoms with Gasteiger partial charge in [0.1, 0.15) is 5.75 Å². The number of para-hydroxylation sites is 1. The fourth-order valence-electron chi connectivity index (χ4n) is 4.48. The average molecular weight is 512 g/mol. The molecule has 0 saturated heterocycles. The van der Waals surface area contributed by atoms with Gasteiger partial charge in [-0.05, 0) is 19.1 Å². The Morgan fingerprint density at radius 1 is 1.18 bits per heavy atom. The van der Waals surface area contributed by atoms with E-state index in [0.717, 1.165) is 43.2 Å². The van der Waals surface area contributed by atoms with Crippen molar-refractivity contribution in [3.63, 3.8) is 0 Å². The first-order chi connectivity index (χ1) is 16.4. The number of pyridine rings is 1. The van der Waals surface area contributed by atoms with Crippen LogP contribution >= 0.6 is 34.5 Å². The predicted molar refractivity (Wildman–Crippen MR) is 141 cm³/mol. The van der Waals surface area contributed by atoms with Crippen molar-refractivity contribution < 1.29 is 9.53 Å². The van der Waals surface area contributed by atoms with E-state index in [1.54, 1.807) is 23.6 Å². The Bertz CT molecular complexity index is 1420. The van der Waals surface area contributed by atoms with Crippen LogP contribution in [0, 0.1) is 6.92 Å². The molecule has 1 unspecified atom stereocenters. The van der Waals surface area contributed by atoms with Crippen molar-refractivity contribution in [2.45, 2.75) is 19.4 Å². The number of carbonyl (C=O) groups excluding carboxylic acids is 1. The molecule has 34 heavy (non-hydrogen) atoms. The molecule has 0 spiro atoms. The molecule has 8 heteroatoms. The monoisotopic (exact) mass is 511 g/mol. The third-order valence-electron chi connectivity index (χ3n) is 6.03. The zero-order valence-corrected chi connectivity index (χ0v) is 21.3. The molecule has 2 aromatic carbocycles. The summed E-state index contributed by atoms with van der Waals surface area (Å²) in [5.41, 5.74) is 4.95. The summed E-state index contributed by atoms with van der Waals surface area (Å²) in [6, 6.07) is 13.3. The zero-order valence-electron chi connectivity index (χ0n) is 19.0. The summed E-state index contributed by atoms with van der Waals surface area (Å²) in [6.45, 7) is 2.60. The van der Waals surface area contributed by atoms with E-state index in [4.69, 9.17) is 32.9 Å². The second-order valence-corrected chi connectivity index (χ2v) is 10.4. The summed E-state index contributed by atoms with van der Waals surface area (Å²) in [7, 11) is 3.88. The van der Waals surface area contributed by atoms with Gasteiger partial charge in [-0.3, -0.25) is 9.78 Å². The number of benzene rings is 2. The Hall–Kier alpha value is -2.80. The molecule has 0 saturated carbocycles. The number of fused-ring (bicyclic) bond motifs is 2. The summed E-state index contributed by atoms with van der Waals surface area (Å²) >= 11 is 14.4. The third-order valence-corrected chi connectivity index (χ3v) is 7.95. The highest BCUT2D eigenvalue weighted by atomic mass is 35.5. The molecular weight excluding hydrogens is 489 g/mol. The van der Waals surface area contributed by atoms with Crippen LogP contribution in [0.3, 0.4) is 0 Å². The molecule has 1 aliphatic rings. The quantitative estimate of drug-likeness (QED) is 0.323. The molecule has 174 valence electrons. The first kappa shape index (κ1) is 23.0. The largest absolute Gasteiger partial charge is 0.493 e. The maximum Gasteiger partial charge on any atom is 0.255 e. The van der Waals surface area contributed by atoms with E-state index < -0.39 is 0 Å². The molecule has 0 fully saturated rings. The summed E-state index contributed by atoms with van der Waals surface area (Å²) in [5, 5.41) is 4.20. The third kappa shape index (κ3) is 3.90. The lowest BCUT2D eigenvalue weighted by molar-refractivity contribution is 0.0925. The summed E-state index contributed by atoms with van der Waals surface area (Å²) in [6.07, 6.45) is 2.37. The summed E-state index contributed by atoms with van der Waals surface area (Å²) in [4.78, 5) is 21.3. The van der Waals surface area contributed by atoms with Crippen molar-refractivity contribution in [1.29, 1.82) is 0 Å². The second kappa shape index (κ2) is 9.10. The van der Waals surface area contributed by atoms with E-state index in [1.807, 2.05) is 62.3 Å². The molecular formula is C26H23Cl2N3O2S. The normalized spacial score (nSPS) is 15.0. The molecule has 1 amide bonds.